The first-order chi connectivity index (χ1) is 25.8. The number of anilines is 3. The summed E-state index contributed by atoms with van der Waals surface area (Å²) in [5.74, 6) is 0.0287. The maximum atomic E-state index is 13.7. The second-order valence-corrected chi connectivity index (χ2v) is 14.2. The second kappa shape index (κ2) is 15.4. The van der Waals surface area contributed by atoms with Crippen LogP contribution in [0, 0.1) is 13.8 Å². The fraction of sp³-hybridized carbons (Fsp3) is 0.359. The van der Waals surface area contributed by atoms with Gasteiger partial charge >= 0.3 is 0 Å². The standard InChI is InChI=1S/C39H48N12O3/c1-9-50-31(22-25(3)45-50)35(53)42-37-40-27-16-11-12-17-28(27)48(37)20-13-14-21-49-30-19-15-18-29(47(8)24-33(52)44-39(5,6)7)34(30)41-38(49)43-36(54)32-23-26(4)46-51(32)10-2/h11-19,22-23H,9-10,20-21,24H2,1-8H3,(H,44,52)(H,40,42,53)(H,41,43,54)/b14-13+. The predicted molar refractivity (Wildman–Crippen MR) is 211 cm³/mol. The number of rotatable bonds is 13. The molecule has 0 fully saturated rings. The number of fused-ring (bicyclic) bond motifs is 2. The lowest BCUT2D eigenvalue weighted by molar-refractivity contribution is -0.121. The molecule has 0 bridgehead atoms. The molecule has 0 aliphatic carbocycles. The molecule has 0 aliphatic rings. The fourth-order valence-corrected chi connectivity index (χ4v) is 6.46. The summed E-state index contributed by atoms with van der Waals surface area (Å²) in [6.45, 7) is 15.4. The van der Waals surface area contributed by atoms with Crippen molar-refractivity contribution in [2.24, 2.45) is 0 Å². The molecule has 0 spiro atoms. The largest absolute Gasteiger partial charge is 0.363 e. The highest BCUT2D eigenvalue weighted by Gasteiger charge is 2.22. The number of carbonyl (C=O) groups is 3. The Hall–Kier alpha value is -6.25. The molecule has 0 unspecified atom stereocenters. The van der Waals surface area contributed by atoms with Crippen molar-refractivity contribution >= 4 is 57.4 Å². The van der Waals surface area contributed by atoms with E-state index < -0.39 is 0 Å². The summed E-state index contributed by atoms with van der Waals surface area (Å²) in [5, 5.41) is 17.9. The molecule has 6 rings (SSSR count). The van der Waals surface area contributed by atoms with Crippen molar-refractivity contribution in [1.29, 1.82) is 0 Å². The first kappa shape index (κ1) is 37.5. The van der Waals surface area contributed by atoms with Crippen LogP contribution in [0.15, 0.2) is 66.7 Å². The maximum Gasteiger partial charge on any atom is 0.276 e. The molecule has 15 heteroatoms. The molecular formula is C39H48N12O3. The van der Waals surface area contributed by atoms with E-state index in [0.29, 0.717) is 55.0 Å². The first-order valence-corrected chi connectivity index (χ1v) is 18.1. The van der Waals surface area contributed by atoms with Crippen LogP contribution in [0.5, 0.6) is 0 Å². The van der Waals surface area contributed by atoms with E-state index in [2.05, 4.69) is 26.1 Å². The second-order valence-electron chi connectivity index (χ2n) is 14.2. The minimum atomic E-state index is -0.369. The molecule has 0 saturated heterocycles. The Morgan fingerprint density at radius 1 is 0.759 bits per heavy atom. The Morgan fingerprint density at radius 3 is 1.87 bits per heavy atom. The third kappa shape index (κ3) is 8.04. The van der Waals surface area contributed by atoms with Crippen LogP contribution in [0.2, 0.25) is 0 Å². The number of aryl methyl sites for hydroxylation is 4. The fourth-order valence-electron chi connectivity index (χ4n) is 6.46. The normalized spacial score (nSPS) is 11.9. The minimum absolute atomic E-state index is 0.116. The van der Waals surface area contributed by atoms with E-state index in [0.717, 1.165) is 33.6 Å². The number of nitrogens with one attached hydrogen (secondary N) is 3. The highest BCUT2D eigenvalue weighted by atomic mass is 16.2. The van der Waals surface area contributed by atoms with Crippen molar-refractivity contribution in [3.05, 3.63) is 89.5 Å². The van der Waals surface area contributed by atoms with Crippen LogP contribution in [-0.4, -0.2) is 75.5 Å². The van der Waals surface area contributed by atoms with Gasteiger partial charge in [0.25, 0.3) is 11.8 Å². The third-order valence-electron chi connectivity index (χ3n) is 8.78. The monoisotopic (exact) mass is 732 g/mol. The van der Waals surface area contributed by atoms with Gasteiger partial charge in [0, 0.05) is 38.8 Å². The van der Waals surface area contributed by atoms with Crippen LogP contribution < -0.4 is 20.9 Å². The maximum absolute atomic E-state index is 13.7. The summed E-state index contributed by atoms with van der Waals surface area (Å²) in [6, 6.07) is 17.0. The highest BCUT2D eigenvalue weighted by Crippen LogP contribution is 2.29. The van der Waals surface area contributed by atoms with E-state index in [4.69, 9.17) is 9.97 Å². The van der Waals surface area contributed by atoms with Crippen LogP contribution in [0.25, 0.3) is 22.1 Å². The zero-order chi connectivity index (χ0) is 38.7. The average molecular weight is 733 g/mol. The van der Waals surface area contributed by atoms with Gasteiger partial charge in [-0.05, 0) is 84.9 Å². The summed E-state index contributed by atoms with van der Waals surface area (Å²) in [5.41, 5.74) is 5.80. The van der Waals surface area contributed by atoms with Gasteiger partial charge < -0.3 is 19.4 Å². The van der Waals surface area contributed by atoms with Crippen LogP contribution in [-0.2, 0) is 31.0 Å². The van der Waals surface area contributed by atoms with Gasteiger partial charge in [0.1, 0.15) is 16.9 Å². The minimum Gasteiger partial charge on any atom is -0.363 e. The molecule has 3 amide bonds. The van der Waals surface area contributed by atoms with E-state index in [1.54, 1.807) is 21.5 Å². The van der Waals surface area contributed by atoms with E-state index in [1.807, 2.05) is 124 Å². The number of carbonyl (C=O) groups excluding carboxylic acids is 3. The lowest BCUT2D eigenvalue weighted by Gasteiger charge is -2.24. The number of para-hydroxylation sites is 3. The number of likely N-dealkylation sites (N-methyl/N-ethyl adjacent to an activating group) is 1. The van der Waals surface area contributed by atoms with E-state index >= 15 is 0 Å². The number of hydrogen-bond donors (Lipinski definition) is 3. The number of amides is 3. The Bertz CT molecular complexity index is 2370. The quantitative estimate of drug-likeness (QED) is 0.130. The highest BCUT2D eigenvalue weighted by molar-refractivity contribution is 6.04. The van der Waals surface area contributed by atoms with Gasteiger partial charge in [-0.2, -0.15) is 10.2 Å². The molecule has 0 saturated carbocycles. The molecule has 2 aromatic carbocycles. The summed E-state index contributed by atoms with van der Waals surface area (Å²) in [7, 11) is 1.85. The van der Waals surface area contributed by atoms with E-state index in [9.17, 15) is 14.4 Å². The summed E-state index contributed by atoms with van der Waals surface area (Å²) in [6.07, 6.45) is 3.98. The topological polar surface area (TPSA) is 162 Å². The van der Waals surface area contributed by atoms with Crippen molar-refractivity contribution in [2.75, 3.05) is 29.1 Å². The number of nitrogens with zero attached hydrogens (tertiary/aromatic N) is 9. The number of imidazole rings is 2. The Labute approximate surface area is 314 Å². The number of hydrogen-bond acceptors (Lipinski definition) is 8. The Morgan fingerprint density at radius 2 is 1.30 bits per heavy atom. The third-order valence-corrected chi connectivity index (χ3v) is 8.78. The Kier molecular flexibility index (Phi) is 10.7. The summed E-state index contributed by atoms with van der Waals surface area (Å²) in [4.78, 5) is 51.4. The lowest BCUT2D eigenvalue weighted by Crippen LogP contribution is -2.45. The van der Waals surface area contributed by atoms with Crippen molar-refractivity contribution in [3.8, 4) is 0 Å². The summed E-state index contributed by atoms with van der Waals surface area (Å²) < 4.78 is 7.21. The number of benzene rings is 2. The van der Waals surface area contributed by atoms with Crippen LogP contribution in [0.1, 0.15) is 67.0 Å². The van der Waals surface area contributed by atoms with Crippen molar-refractivity contribution in [1.82, 2.24) is 44.0 Å². The van der Waals surface area contributed by atoms with Crippen molar-refractivity contribution in [3.63, 3.8) is 0 Å². The first-order valence-electron chi connectivity index (χ1n) is 18.1. The average Bonchev–Trinajstić information content (AvgIpc) is 3.88. The zero-order valence-corrected chi connectivity index (χ0v) is 32.1. The van der Waals surface area contributed by atoms with Gasteiger partial charge in [-0.25, -0.2) is 9.97 Å². The Balaban J connectivity index is 1.31. The van der Waals surface area contributed by atoms with Crippen LogP contribution >= 0.6 is 0 Å². The van der Waals surface area contributed by atoms with Gasteiger partial charge in [0.05, 0.1) is 40.2 Å². The number of allylic oxidation sites excluding steroid dienone is 2. The van der Waals surface area contributed by atoms with Gasteiger partial charge in [-0.1, -0.05) is 30.4 Å². The molecule has 0 atom stereocenters. The van der Waals surface area contributed by atoms with Gasteiger partial charge in [-0.3, -0.25) is 34.4 Å². The molecule has 3 N–H and O–H groups in total. The van der Waals surface area contributed by atoms with Gasteiger partial charge in [-0.15, -0.1) is 0 Å². The van der Waals surface area contributed by atoms with E-state index in [-0.39, 0.29) is 29.8 Å². The molecule has 4 aromatic heterocycles. The summed E-state index contributed by atoms with van der Waals surface area (Å²) >= 11 is 0. The predicted octanol–water partition coefficient (Wildman–Crippen LogP) is 5.55. The molecule has 4 heterocycles. The van der Waals surface area contributed by atoms with Crippen molar-refractivity contribution < 1.29 is 14.4 Å². The van der Waals surface area contributed by atoms with Crippen LogP contribution in [0.4, 0.5) is 17.6 Å². The van der Waals surface area contributed by atoms with Crippen molar-refractivity contribution in [2.45, 2.75) is 80.2 Å². The molecule has 15 nitrogen and oxygen atoms in total. The van der Waals surface area contributed by atoms with Crippen LogP contribution in [0.3, 0.4) is 0 Å². The molecule has 0 aliphatic heterocycles. The van der Waals surface area contributed by atoms with E-state index in [1.165, 1.54) is 0 Å². The smallest absolute Gasteiger partial charge is 0.276 e. The lowest BCUT2D eigenvalue weighted by atomic mass is 10.1. The zero-order valence-electron chi connectivity index (χ0n) is 32.1. The van der Waals surface area contributed by atoms with Gasteiger partial charge in [0.15, 0.2) is 0 Å². The molecule has 282 valence electrons. The SMILES string of the molecule is CCn1nc(C)cc1C(=O)Nc1nc2ccccc2n1C/C=C/Cn1c(NC(=O)c2cc(C)nn2CC)nc2c(N(C)CC(=O)NC(C)(C)C)cccc21. The molecular weight excluding hydrogens is 685 g/mol. The molecule has 6 aromatic rings. The van der Waals surface area contributed by atoms with Gasteiger partial charge in [0.2, 0.25) is 17.8 Å². The molecule has 54 heavy (non-hydrogen) atoms. The molecule has 0 radical (unpaired) electrons. The number of aromatic nitrogens is 8.